The Labute approximate surface area is 270 Å². The SMILES string of the molecule is COC1CCN(c2nccc(Nc3cc4c(cn3)nc(-c3ccc(CN5CCN(CCOC(C)=O)CC5)cc3)n4C(C)C)n2)CC1. The Bertz CT molecular complexity index is 1610. The molecule has 0 radical (unpaired) electrons. The fourth-order valence-electron chi connectivity index (χ4n) is 6.29. The number of carbonyl (C=O) groups excluding carboxylic acids is 1. The van der Waals surface area contributed by atoms with Gasteiger partial charge < -0.3 is 24.3 Å². The molecule has 2 aliphatic rings. The van der Waals surface area contributed by atoms with Crippen molar-refractivity contribution < 1.29 is 14.3 Å². The van der Waals surface area contributed by atoms with Crippen LogP contribution in [0.3, 0.4) is 0 Å². The molecule has 12 heteroatoms. The molecular formula is C34H45N9O3. The van der Waals surface area contributed by atoms with Crippen molar-refractivity contribution in [3.8, 4) is 11.4 Å². The summed E-state index contributed by atoms with van der Waals surface area (Å²) in [5, 5.41) is 3.39. The van der Waals surface area contributed by atoms with Crippen LogP contribution in [0.25, 0.3) is 22.4 Å². The van der Waals surface area contributed by atoms with Crippen LogP contribution in [0.5, 0.6) is 0 Å². The van der Waals surface area contributed by atoms with Crippen LogP contribution in [0.4, 0.5) is 17.6 Å². The maximum Gasteiger partial charge on any atom is 0.302 e. The largest absolute Gasteiger partial charge is 0.465 e. The molecule has 5 heterocycles. The topological polar surface area (TPSA) is 114 Å². The molecule has 6 rings (SSSR count). The molecule has 2 saturated heterocycles. The molecule has 2 aliphatic heterocycles. The number of fused-ring (bicyclic) bond motifs is 1. The number of piperidine rings is 1. The zero-order chi connectivity index (χ0) is 32.0. The van der Waals surface area contributed by atoms with Crippen molar-refractivity contribution >= 4 is 34.6 Å². The van der Waals surface area contributed by atoms with E-state index < -0.39 is 0 Å². The number of imidazole rings is 1. The number of rotatable bonds is 11. The number of piperazine rings is 1. The van der Waals surface area contributed by atoms with E-state index in [2.05, 4.69) is 78.7 Å². The van der Waals surface area contributed by atoms with Crippen LogP contribution in [-0.2, 0) is 20.8 Å². The van der Waals surface area contributed by atoms with Gasteiger partial charge in [0, 0.05) is 90.3 Å². The first-order chi connectivity index (χ1) is 22.4. The number of hydrogen-bond acceptors (Lipinski definition) is 11. The van der Waals surface area contributed by atoms with E-state index in [0.29, 0.717) is 24.3 Å². The van der Waals surface area contributed by atoms with Gasteiger partial charge in [-0.05, 0) is 38.3 Å². The zero-order valence-electron chi connectivity index (χ0n) is 27.4. The van der Waals surface area contributed by atoms with Crippen molar-refractivity contribution in [1.82, 2.24) is 34.3 Å². The lowest BCUT2D eigenvalue weighted by Crippen LogP contribution is -2.46. The second-order valence-electron chi connectivity index (χ2n) is 12.4. The van der Waals surface area contributed by atoms with Gasteiger partial charge in [0.05, 0.1) is 17.8 Å². The lowest BCUT2D eigenvalue weighted by molar-refractivity contribution is -0.141. The summed E-state index contributed by atoms with van der Waals surface area (Å²) in [4.78, 5) is 37.0. The van der Waals surface area contributed by atoms with Gasteiger partial charge in [-0.1, -0.05) is 24.3 Å². The second kappa shape index (κ2) is 14.5. The highest BCUT2D eigenvalue weighted by atomic mass is 16.5. The molecule has 244 valence electrons. The number of pyridine rings is 1. The Morgan fingerprint density at radius 3 is 2.39 bits per heavy atom. The van der Waals surface area contributed by atoms with E-state index in [1.807, 2.05) is 12.3 Å². The Kier molecular flexibility index (Phi) is 10.1. The number of nitrogens with one attached hydrogen (secondary N) is 1. The Morgan fingerprint density at radius 1 is 0.957 bits per heavy atom. The molecule has 4 aromatic rings. The van der Waals surface area contributed by atoms with Crippen LogP contribution in [0.15, 0.2) is 48.8 Å². The minimum absolute atomic E-state index is 0.202. The summed E-state index contributed by atoms with van der Waals surface area (Å²) in [6.07, 6.45) is 5.87. The number of methoxy groups -OCH3 is 1. The molecule has 0 saturated carbocycles. The van der Waals surface area contributed by atoms with Crippen LogP contribution in [0, 0.1) is 0 Å². The second-order valence-corrected chi connectivity index (χ2v) is 12.4. The number of nitrogens with zero attached hydrogens (tertiary/aromatic N) is 8. The van der Waals surface area contributed by atoms with Gasteiger partial charge in [0.1, 0.15) is 29.6 Å². The third-order valence-corrected chi connectivity index (χ3v) is 8.85. The zero-order valence-corrected chi connectivity index (χ0v) is 27.4. The number of hydrogen-bond donors (Lipinski definition) is 1. The van der Waals surface area contributed by atoms with E-state index >= 15 is 0 Å². The maximum absolute atomic E-state index is 11.0. The predicted molar refractivity (Wildman–Crippen MR) is 179 cm³/mol. The van der Waals surface area contributed by atoms with Crippen molar-refractivity contribution in [2.45, 2.75) is 52.3 Å². The fourth-order valence-corrected chi connectivity index (χ4v) is 6.29. The molecule has 0 unspecified atom stereocenters. The number of aromatic nitrogens is 5. The van der Waals surface area contributed by atoms with E-state index in [-0.39, 0.29) is 12.0 Å². The van der Waals surface area contributed by atoms with Gasteiger partial charge >= 0.3 is 5.97 Å². The number of esters is 1. The Morgan fingerprint density at radius 2 is 1.70 bits per heavy atom. The van der Waals surface area contributed by atoms with Gasteiger partial charge in [-0.15, -0.1) is 0 Å². The highest BCUT2D eigenvalue weighted by Gasteiger charge is 2.22. The van der Waals surface area contributed by atoms with Crippen molar-refractivity contribution in [3.05, 3.63) is 54.4 Å². The lowest BCUT2D eigenvalue weighted by Gasteiger charge is -2.34. The van der Waals surface area contributed by atoms with Crippen LogP contribution < -0.4 is 10.2 Å². The van der Waals surface area contributed by atoms with Crippen molar-refractivity contribution in [3.63, 3.8) is 0 Å². The quantitative estimate of drug-likeness (QED) is 0.237. The lowest BCUT2D eigenvalue weighted by atomic mass is 10.1. The summed E-state index contributed by atoms with van der Waals surface area (Å²) in [7, 11) is 1.78. The number of ether oxygens (including phenoxy) is 2. The fraction of sp³-hybridized carbons (Fsp3) is 0.500. The van der Waals surface area contributed by atoms with Crippen LogP contribution in [0.1, 0.15) is 45.2 Å². The smallest absolute Gasteiger partial charge is 0.302 e. The van der Waals surface area contributed by atoms with Gasteiger partial charge in [0.15, 0.2) is 0 Å². The molecule has 0 aliphatic carbocycles. The Hall–Kier alpha value is -4.13. The van der Waals surface area contributed by atoms with E-state index in [1.165, 1.54) is 12.5 Å². The first kappa shape index (κ1) is 31.8. The highest BCUT2D eigenvalue weighted by Crippen LogP contribution is 2.30. The van der Waals surface area contributed by atoms with Crippen LogP contribution >= 0.6 is 0 Å². The molecule has 1 aromatic carbocycles. The summed E-state index contributed by atoms with van der Waals surface area (Å²) in [5.74, 6) is 2.86. The molecule has 46 heavy (non-hydrogen) atoms. The monoisotopic (exact) mass is 627 g/mol. The minimum Gasteiger partial charge on any atom is -0.465 e. The van der Waals surface area contributed by atoms with Crippen molar-refractivity contribution in [1.29, 1.82) is 0 Å². The number of anilines is 3. The van der Waals surface area contributed by atoms with Crippen LogP contribution in [0.2, 0.25) is 0 Å². The molecule has 2 fully saturated rings. The summed E-state index contributed by atoms with van der Waals surface area (Å²) >= 11 is 0. The van der Waals surface area contributed by atoms with E-state index in [4.69, 9.17) is 19.4 Å². The summed E-state index contributed by atoms with van der Waals surface area (Å²) in [6.45, 7) is 13.7. The summed E-state index contributed by atoms with van der Waals surface area (Å²) in [6, 6.07) is 12.9. The van der Waals surface area contributed by atoms with Gasteiger partial charge in [0.25, 0.3) is 0 Å². The molecule has 0 bridgehead atoms. The maximum atomic E-state index is 11.0. The molecule has 0 spiro atoms. The van der Waals surface area contributed by atoms with Gasteiger partial charge in [-0.25, -0.2) is 15.0 Å². The number of benzene rings is 1. The van der Waals surface area contributed by atoms with E-state index in [1.54, 1.807) is 13.3 Å². The first-order valence-electron chi connectivity index (χ1n) is 16.3. The standard InChI is InChI=1S/C34H45N9O3/c1-24(2)43-30-21-32(38-31-9-12-35-34(39-31)42-13-10-28(45-4)11-14-42)36-22-29(30)37-33(43)27-7-5-26(6-8-27)23-41-17-15-40(16-18-41)19-20-46-25(3)44/h5-9,12,21-22,24,28H,10-11,13-20,23H2,1-4H3,(H,35,36,38,39). The average molecular weight is 628 g/mol. The van der Waals surface area contributed by atoms with E-state index in [0.717, 1.165) is 93.6 Å². The normalized spacial score (nSPS) is 16.8. The van der Waals surface area contributed by atoms with E-state index in [9.17, 15) is 4.79 Å². The predicted octanol–water partition coefficient (Wildman–Crippen LogP) is 4.51. The van der Waals surface area contributed by atoms with Crippen molar-refractivity contribution in [2.24, 2.45) is 0 Å². The van der Waals surface area contributed by atoms with Gasteiger partial charge in [-0.3, -0.25) is 14.6 Å². The molecule has 0 atom stereocenters. The third kappa shape index (κ3) is 7.63. The highest BCUT2D eigenvalue weighted by molar-refractivity contribution is 5.83. The molecule has 3 aromatic heterocycles. The van der Waals surface area contributed by atoms with Gasteiger partial charge in [0.2, 0.25) is 5.95 Å². The molecule has 1 N–H and O–H groups in total. The summed E-state index contributed by atoms with van der Waals surface area (Å²) in [5.41, 5.74) is 4.24. The molecule has 12 nitrogen and oxygen atoms in total. The third-order valence-electron chi connectivity index (χ3n) is 8.85. The molecular weight excluding hydrogens is 582 g/mol. The van der Waals surface area contributed by atoms with Gasteiger partial charge in [-0.2, -0.15) is 4.98 Å². The summed E-state index contributed by atoms with van der Waals surface area (Å²) < 4.78 is 12.9. The van der Waals surface area contributed by atoms with Crippen molar-refractivity contribution in [2.75, 3.05) is 69.7 Å². The molecule has 0 amide bonds. The Balaban J connectivity index is 1.12. The minimum atomic E-state index is -0.216. The number of carbonyl (C=O) groups is 1. The average Bonchev–Trinajstić information content (AvgIpc) is 3.45. The van der Waals surface area contributed by atoms with Crippen LogP contribution in [-0.4, -0.2) is 106 Å². The first-order valence-corrected chi connectivity index (χ1v) is 16.3.